The van der Waals surface area contributed by atoms with Crippen LogP contribution in [-0.4, -0.2) is 41.1 Å². The Morgan fingerprint density at radius 2 is 2.00 bits per heavy atom. The first kappa shape index (κ1) is 16.8. The zero-order valence-corrected chi connectivity index (χ0v) is 14.4. The summed E-state index contributed by atoms with van der Waals surface area (Å²) in [5, 5.41) is 9.70. The van der Waals surface area contributed by atoms with Crippen molar-refractivity contribution >= 4 is 11.9 Å². The average Bonchev–Trinajstić information content (AvgIpc) is 3.58. The molecule has 26 heavy (non-hydrogen) atoms. The fourth-order valence-electron chi connectivity index (χ4n) is 3.61. The molecule has 138 valence electrons. The number of benzene rings is 1. The van der Waals surface area contributed by atoms with Crippen LogP contribution in [0, 0.1) is 22.0 Å². The van der Waals surface area contributed by atoms with E-state index in [1.807, 2.05) is 0 Å². The van der Waals surface area contributed by atoms with E-state index in [1.54, 1.807) is 29.2 Å². The lowest BCUT2D eigenvalue weighted by molar-refractivity contribution is -0.763. The maximum absolute atomic E-state index is 13.4. The SMILES string of the molecule is O=C(c1ccccc1CO[N+](=O)[O-])N(C1=NCCO1)C(C1CC1)C1CC1. The lowest BCUT2D eigenvalue weighted by Gasteiger charge is -2.31. The monoisotopic (exact) mass is 359 g/mol. The van der Waals surface area contributed by atoms with Gasteiger partial charge in [-0.3, -0.25) is 9.69 Å². The van der Waals surface area contributed by atoms with Crippen LogP contribution < -0.4 is 0 Å². The Kier molecular flexibility index (Phi) is 4.48. The van der Waals surface area contributed by atoms with Crippen molar-refractivity contribution in [2.45, 2.75) is 38.3 Å². The van der Waals surface area contributed by atoms with Gasteiger partial charge in [0.1, 0.15) is 13.2 Å². The first-order valence-corrected chi connectivity index (χ1v) is 9.01. The van der Waals surface area contributed by atoms with Crippen LogP contribution in [0.25, 0.3) is 0 Å². The van der Waals surface area contributed by atoms with Crippen molar-refractivity contribution in [1.82, 2.24) is 4.90 Å². The molecule has 0 unspecified atom stereocenters. The molecule has 0 radical (unpaired) electrons. The van der Waals surface area contributed by atoms with Crippen molar-refractivity contribution in [3.05, 3.63) is 45.5 Å². The molecule has 1 heterocycles. The highest BCUT2D eigenvalue weighted by atomic mass is 16.9. The zero-order valence-electron chi connectivity index (χ0n) is 14.4. The van der Waals surface area contributed by atoms with E-state index in [-0.39, 0.29) is 18.6 Å². The van der Waals surface area contributed by atoms with E-state index in [0.29, 0.717) is 42.1 Å². The molecule has 1 aromatic carbocycles. The Morgan fingerprint density at radius 3 is 2.58 bits per heavy atom. The smallest absolute Gasteiger partial charge is 0.294 e. The maximum atomic E-state index is 13.4. The molecule has 2 fully saturated rings. The van der Waals surface area contributed by atoms with Crippen LogP contribution in [0.5, 0.6) is 0 Å². The van der Waals surface area contributed by atoms with Gasteiger partial charge in [0.05, 0.1) is 6.54 Å². The summed E-state index contributed by atoms with van der Waals surface area (Å²) in [5.74, 6) is 0.762. The van der Waals surface area contributed by atoms with E-state index in [2.05, 4.69) is 9.83 Å². The first-order chi connectivity index (χ1) is 12.6. The van der Waals surface area contributed by atoms with E-state index in [9.17, 15) is 14.9 Å². The fraction of sp³-hybridized carbons (Fsp3) is 0.556. The van der Waals surface area contributed by atoms with Gasteiger partial charge in [0.15, 0.2) is 0 Å². The van der Waals surface area contributed by atoms with Crippen LogP contribution in [0.3, 0.4) is 0 Å². The van der Waals surface area contributed by atoms with Crippen LogP contribution in [-0.2, 0) is 16.2 Å². The normalized spacial score (nSPS) is 19.0. The Morgan fingerprint density at radius 1 is 1.31 bits per heavy atom. The third-order valence-corrected chi connectivity index (χ3v) is 5.08. The second-order valence-electron chi connectivity index (χ2n) is 7.01. The molecule has 1 aliphatic heterocycles. The molecular formula is C18H21N3O5. The van der Waals surface area contributed by atoms with E-state index >= 15 is 0 Å². The van der Waals surface area contributed by atoms with Gasteiger partial charge in [0, 0.05) is 11.6 Å². The minimum atomic E-state index is -0.847. The van der Waals surface area contributed by atoms with Gasteiger partial charge in [0.25, 0.3) is 17.0 Å². The molecule has 4 rings (SSSR count). The summed E-state index contributed by atoms with van der Waals surface area (Å²) in [5.41, 5.74) is 0.891. The molecule has 1 amide bonds. The Balaban J connectivity index is 1.65. The second kappa shape index (κ2) is 6.93. The molecule has 1 aromatic rings. The Hall–Kier alpha value is -2.64. The summed E-state index contributed by atoms with van der Waals surface area (Å²) in [4.78, 5) is 34.6. The van der Waals surface area contributed by atoms with Gasteiger partial charge < -0.3 is 9.57 Å². The summed E-state index contributed by atoms with van der Waals surface area (Å²) in [6, 6.07) is 7.34. The van der Waals surface area contributed by atoms with E-state index in [0.717, 1.165) is 25.7 Å². The number of carbonyl (C=O) groups excluding carboxylic acids is 1. The molecule has 2 aliphatic carbocycles. The Labute approximate surface area is 150 Å². The molecule has 0 aromatic heterocycles. The number of aliphatic imine (C=N–C) groups is 1. The summed E-state index contributed by atoms with van der Waals surface area (Å²) >= 11 is 0. The van der Waals surface area contributed by atoms with E-state index < -0.39 is 5.09 Å². The minimum absolute atomic E-state index is 0.101. The van der Waals surface area contributed by atoms with Crippen molar-refractivity contribution < 1.29 is 19.5 Å². The number of carbonyl (C=O) groups is 1. The molecule has 0 spiro atoms. The van der Waals surface area contributed by atoms with E-state index in [4.69, 9.17) is 4.74 Å². The van der Waals surface area contributed by atoms with Crippen LogP contribution in [0.4, 0.5) is 0 Å². The molecule has 0 saturated heterocycles. The number of hydrogen-bond donors (Lipinski definition) is 0. The van der Waals surface area contributed by atoms with Gasteiger partial charge in [-0.05, 0) is 49.1 Å². The van der Waals surface area contributed by atoms with Crippen LogP contribution in [0.1, 0.15) is 41.6 Å². The topological polar surface area (TPSA) is 94.3 Å². The van der Waals surface area contributed by atoms with Gasteiger partial charge in [0.2, 0.25) is 0 Å². The standard InChI is InChI=1S/C18H21N3O5/c22-17(15-4-2-1-3-14(15)11-26-21(23)24)20(18-19-9-10-25-18)16(12-5-6-12)13-7-8-13/h1-4,12-13,16H,5-11H2. The number of rotatable bonds is 7. The van der Waals surface area contributed by atoms with Crippen molar-refractivity contribution in [2.24, 2.45) is 16.8 Å². The van der Waals surface area contributed by atoms with Crippen LogP contribution >= 0.6 is 0 Å². The van der Waals surface area contributed by atoms with Crippen molar-refractivity contribution in [3.8, 4) is 0 Å². The minimum Gasteiger partial charge on any atom is -0.463 e. The van der Waals surface area contributed by atoms with Crippen LogP contribution in [0.2, 0.25) is 0 Å². The summed E-state index contributed by atoms with van der Waals surface area (Å²) in [7, 11) is 0. The highest BCUT2D eigenvalue weighted by Crippen LogP contribution is 2.48. The predicted octanol–water partition coefficient (Wildman–Crippen LogP) is 2.41. The molecule has 0 bridgehead atoms. The second-order valence-corrected chi connectivity index (χ2v) is 7.01. The largest absolute Gasteiger partial charge is 0.463 e. The fourth-order valence-corrected chi connectivity index (χ4v) is 3.61. The molecule has 3 aliphatic rings. The molecule has 0 atom stereocenters. The molecule has 8 nitrogen and oxygen atoms in total. The van der Waals surface area contributed by atoms with Gasteiger partial charge in [-0.1, -0.05) is 18.2 Å². The number of nitrogens with zero attached hydrogens (tertiary/aromatic N) is 3. The number of hydrogen-bond acceptors (Lipinski definition) is 6. The molecule has 0 N–H and O–H groups in total. The highest BCUT2D eigenvalue weighted by Gasteiger charge is 2.48. The number of ether oxygens (including phenoxy) is 1. The zero-order chi connectivity index (χ0) is 18.1. The van der Waals surface area contributed by atoms with Gasteiger partial charge in [-0.25, -0.2) is 4.99 Å². The molecule has 2 saturated carbocycles. The summed E-state index contributed by atoms with van der Waals surface area (Å²) in [6.45, 7) is 0.772. The first-order valence-electron chi connectivity index (χ1n) is 9.01. The number of amidine groups is 1. The number of amides is 1. The average molecular weight is 359 g/mol. The lowest BCUT2D eigenvalue weighted by Crippen LogP contribution is -2.47. The third kappa shape index (κ3) is 3.49. The van der Waals surface area contributed by atoms with Crippen molar-refractivity contribution in [3.63, 3.8) is 0 Å². The predicted molar refractivity (Wildman–Crippen MR) is 91.9 cm³/mol. The summed E-state index contributed by atoms with van der Waals surface area (Å²) in [6.07, 6.45) is 4.46. The maximum Gasteiger partial charge on any atom is 0.294 e. The van der Waals surface area contributed by atoms with Crippen molar-refractivity contribution in [1.29, 1.82) is 0 Å². The highest BCUT2D eigenvalue weighted by molar-refractivity contribution is 6.05. The van der Waals surface area contributed by atoms with Gasteiger partial charge in [-0.15, -0.1) is 10.1 Å². The van der Waals surface area contributed by atoms with Crippen molar-refractivity contribution in [2.75, 3.05) is 13.2 Å². The third-order valence-electron chi connectivity index (χ3n) is 5.08. The lowest BCUT2D eigenvalue weighted by atomic mass is 10.0. The molecule has 8 heteroatoms. The van der Waals surface area contributed by atoms with E-state index in [1.165, 1.54) is 0 Å². The van der Waals surface area contributed by atoms with Gasteiger partial charge in [-0.2, -0.15) is 0 Å². The summed E-state index contributed by atoms with van der Waals surface area (Å²) < 4.78 is 5.65. The quantitative estimate of drug-likeness (QED) is 0.550. The Bertz CT molecular complexity index is 730. The van der Waals surface area contributed by atoms with Crippen LogP contribution in [0.15, 0.2) is 29.3 Å². The molecular weight excluding hydrogens is 338 g/mol. The van der Waals surface area contributed by atoms with Gasteiger partial charge >= 0.3 is 0 Å².